The van der Waals surface area contributed by atoms with Gasteiger partial charge in [-0.3, -0.25) is 0 Å². The van der Waals surface area contributed by atoms with Crippen molar-refractivity contribution in [2.24, 2.45) is 0 Å². The van der Waals surface area contributed by atoms with Gasteiger partial charge in [-0.2, -0.15) is 0 Å². The molecule has 2 aliphatic rings. The van der Waals surface area contributed by atoms with Gasteiger partial charge in [0.1, 0.15) is 0 Å². The average molecular weight is 547 g/mol. The molecular formula is C25H28BrN3O2S2. The van der Waals surface area contributed by atoms with Crippen LogP contribution in [0.3, 0.4) is 0 Å². The highest BCUT2D eigenvalue weighted by atomic mass is 79.9. The predicted molar refractivity (Wildman–Crippen MR) is 142 cm³/mol. The fourth-order valence-corrected chi connectivity index (χ4v) is 6.28. The molecule has 5 nitrogen and oxygen atoms in total. The molecule has 1 atom stereocenters. The van der Waals surface area contributed by atoms with Gasteiger partial charge in [0.05, 0.1) is 30.1 Å². The van der Waals surface area contributed by atoms with Crippen LogP contribution >= 0.6 is 39.9 Å². The van der Waals surface area contributed by atoms with Crippen LogP contribution in [0, 0.1) is 0 Å². The molecule has 33 heavy (non-hydrogen) atoms. The summed E-state index contributed by atoms with van der Waals surface area (Å²) >= 11 is 10.8. The second kappa shape index (κ2) is 10.5. The van der Waals surface area contributed by atoms with Crippen LogP contribution in [0.25, 0.3) is 0 Å². The fraction of sp³-hybridized carbons (Fsp3) is 0.360. The van der Waals surface area contributed by atoms with Crippen molar-refractivity contribution in [3.05, 3.63) is 57.7 Å². The van der Waals surface area contributed by atoms with Gasteiger partial charge in [0.2, 0.25) is 0 Å². The molecule has 0 amide bonds. The highest BCUT2D eigenvalue weighted by Crippen LogP contribution is 2.50. The number of allylic oxidation sites excluding steroid dienone is 1. The molecule has 1 unspecified atom stereocenters. The number of carbonyl (C=O) groups is 1. The number of esters is 1. The SMILES string of the molecule is CCCCCCN1c2ccc(Br)cc2Sc2cc(C3NC(=S)NC(C)=C3C(=O)OC)ccc21. The number of hydrogen-bond acceptors (Lipinski definition) is 5. The first-order valence-corrected chi connectivity index (χ1v) is 13.2. The van der Waals surface area contributed by atoms with E-state index in [1.54, 1.807) is 11.8 Å². The number of anilines is 2. The standard InChI is InChI=1S/C25H28BrN3O2S2/c1-4-5-6-7-12-29-18-10-8-16(13-20(18)33-21-14-17(26)9-11-19(21)29)23-22(24(30)31-3)15(2)27-25(32)28-23/h8-11,13-14,23H,4-7,12H2,1-3H3,(H2,27,28,32). The minimum Gasteiger partial charge on any atom is -0.466 e. The Bertz CT molecular complexity index is 1120. The topological polar surface area (TPSA) is 53.6 Å². The van der Waals surface area contributed by atoms with E-state index < -0.39 is 0 Å². The van der Waals surface area contributed by atoms with E-state index in [-0.39, 0.29) is 12.0 Å². The van der Waals surface area contributed by atoms with Gasteiger partial charge >= 0.3 is 5.97 Å². The van der Waals surface area contributed by atoms with E-state index in [2.05, 4.69) is 74.8 Å². The van der Waals surface area contributed by atoms with Gasteiger partial charge in [0.25, 0.3) is 0 Å². The summed E-state index contributed by atoms with van der Waals surface area (Å²) in [6.45, 7) is 5.06. The normalized spacial score (nSPS) is 17.2. The summed E-state index contributed by atoms with van der Waals surface area (Å²) in [6.07, 6.45) is 4.85. The third-order valence-corrected chi connectivity index (χ3v) is 7.76. The maximum absolute atomic E-state index is 12.6. The largest absolute Gasteiger partial charge is 0.466 e. The number of unbranched alkanes of at least 4 members (excludes halogenated alkanes) is 3. The number of nitrogens with zero attached hydrogens (tertiary/aromatic N) is 1. The number of halogens is 1. The molecule has 0 saturated heterocycles. The highest BCUT2D eigenvalue weighted by Gasteiger charge is 2.32. The smallest absolute Gasteiger partial charge is 0.337 e. The van der Waals surface area contributed by atoms with E-state index in [9.17, 15) is 4.79 Å². The quantitative estimate of drug-likeness (QED) is 0.231. The van der Waals surface area contributed by atoms with Gasteiger partial charge in [-0.05, 0) is 61.5 Å². The number of carbonyl (C=O) groups excluding carboxylic acids is 1. The van der Waals surface area contributed by atoms with E-state index in [0.29, 0.717) is 16.4 Å². The molecule has 0 aromatic heterocycles. The first-order valence-electron chi connectivity index (χ1n) is 11.2. The van der Waals surface area contributed by atoms with Crippen LogP contribution in [0.15, 0.2) is 61.9 Å². The summed E-state index contributed by atoms with van der Waals surface area (Å²) in [5.74, 6) is -0.364. The first kappa shape index (κ1) is 24.1. The Morgan fingerprint density at radius 2 is 1.88 bits per heavy atom. The number of hydrogen-bond donors (Lipinski definition) is 2. The third-order valence-electron chi connectivity index (χ3n) is 5.95. The summed E-state index contributed by atoms with van der Waals surface area (Å²) in [5.41, 5.74) is 4.69. The molecule has 174 valence electrons. The van der Waals surface area contributed by atoms with E-state index in [0.717, 1.165) is 23.0 Å². The number of benzene rings is 2. The van der Waals surface area contributed by atoms with Gasteiger partial charge < -0.3 is 20.3 Å². The lowest BCUT2D eigenvalue weighted by Gasteiger charge is -2.34. The molecule has 2 aromatic rings. The van der Waals surface area contributed by atoms with Crippen molar-refractivity contribution in [2.45, 2.75) is 55.4 Å². The Hall–Kier alpha value is -2.03. The zero-order valence-corrected chi connectivity index (χ0v) is 22.3. The van der Waals surface area contributed by atoms with Crippen molar-refractivity contribution in [2.75, 3.05) is 18.6 Å². The second-order valence-electron chi connectivity index (χ2n) is 8.22. The number of rotatable bonds is 7. The van der Waals surface area contributed by atoms with Crippen molar-refractivity contribution in [3.8, 4) is 0 Å². The maximum atomic E-state index is 12.6. The Morgan fingerprint density at radius 1 is 1.15 bits per heavy atom. The summed E-state index contributed by atoms with van der Waals surface area (Å²) in [7, 11) is 1.40. The molecule has 0 aliphatic carbocycles. The van der Waals surface area contributed by atoms with Crippen LogP contribution in [-0.4, -0.2) is 24.7 Å². The van der Waals surface area contributed by atoms with Gasteiger partial charge in [0, 0.05) is 26.5 Å². The highest BCUT2D eigenvalue weighted by molar-refractivity contribution is 9.10. The lowest BCUT2D eigenvalue weighted by atomic mass is 9.95. The molecule has 0 bridgehead atoms. The van der Waals surface area contributed by atoms with E-state index in [4.69, 9.17) is 17.0 Å². The fourth-order valence-electron chi connectivity index (χ4n) is 4.32. The Balaban J connectivity index is 1.72. The Labute approximate surface area is 213 Å². The van der Waals surface area contributed by atoms with Crippen LogP contribution in [0.2, 0.25) is 0 Å². The molecular weight excluding hydrogens is 518 g/mol. The number of ether oxygens (including phenoxy) is 1. The van der Waals surface area contributed by atoms with Crippen molar-refractivity contribution < 1.29 is 9.53 Å². The minimum absolute atomic E-state index is 0.362. The number of thiocarbonyl (C=S) groups is 1. The van der Waals surface area contributed by atoms with Gasteiger partial charge in [-0.25, -0.2) is 4.79 Å². The van der Waals surface area contributed by atoms with E-state index in [1.807, 2.05) is 6.92 Å². The summed E-state index contributed by atoms with van der Waals surface area (Å²) in [6, 6.07) is 12.5. The molecule has 2 aliphatic heterocycles. The summed E-state index contributed by atoms with van der Waals surface area (Å²) in [4.78, 5) is 17.4. The first-order chi connectivity index (χ1) is 15.9. The van der Waals surface area contributed by atoms with Gasteiger partial charge in [-0.15, -0.1) is 0 Å². The number of fused-ring (bicyclic) bond motifs is 2. The van der Waals surface area contributed by atoms with Crippen molar-refractivity contribution >= 4 is 62.4 Å². The molecule has 8 heteroatoms. The molecule has 2 heterocycles. The second-order valence-corrected chi connectivity index (χ2v) is 10.6. The van der Waals surface area contributed by atoms with E-state index in [1.165, 1.54) is 47.5 Å². The van der Waals surface area contributed by atoms with Gasteiger partial charge in [-0.1, -0.05) is 59.9 Å². The van der Waals surface area contributed by atoms with Crippen LogP contribution in [-0.2, 0) is 9.53 Å². The molecule has 2 aromatic carbocycles. The maximum Gasteiger partial charge on any atom is 0.337 e. The van der Waals surface area contributed by atoms with Crippen LogP contribution in [0.4, 0.5) is 11.4 Å². The number of methoxy groups -OCH3 is 1. The van der Waals surface area contributed by atoms with Crippen LogP contribution < -0.4 is 15.5 Å². The summed E-state index contributed by atoms with van der Waals surface area (Å²) < 4.78 is 6.13. The lowest BCUT2D eigenvalue weighted by molar-refractivity contribution is -0.136. The molecule has 0 spiro atoms. The molecule has 0 radical (unpaired) electrons. The third kappa shape index (κ3) is 5.08. The zero-order chi connectivity index (χ0) is 23.5. The Morgan fingerprint density at radius 3 is 2.61 bits per heavy atom. The molecule has 0 fully saturated rings. The van der Waals surface area contributed by atoms with E-state index >= 15 is 0 Å². The summed E-state index contributed by atoms with van der Waals surface area (Å²) in [5, 5.41) is 6.80. The monoisotopic (exact) mass is 545 g/mol. The molecule has 2 N–H and O–H groups in total. The van der Waals surface area contributed by atoms with Crippen LogP contribution in [0.1, 0.15) is 51.1 Å². The minimum atomic E-state index is -0.364. The predicted octanol–water partition coefficient (Wildman–Crippen LogP) is 6.60. The average Bonchev–Trinajstić information content (AvgIpc) is 2.79. The van der Waals surface area contributed by atoms with Gasteiger partial charge in [0.15, 0.2) is 5.11 Å². The lowest BCUT2D eigenvalue weighted by Crippen LogP contribution is -2.45. The van der Waals surface area contributed by atoms with Crippen molar-refractivity contribution in [1.29, 1.82) is 0 Å². The van der Waals surface area contributed by atoms with Crippen molar-refractivity contribution in [1.82, 2.24) is 10.6 Å². The number of nitrogens with one attached hydrogen (secondary N) is 2. The molecule has 0 saturated carbocycles. The zero-order valence-electron chi connectivity index (χ0n) is 19.0. The van der Waals surface area contributed by atoms with Crippen molar-refractivity contribution in [3.63, 3.8) is 0 Å². The van der Waals surface area contributed by atoms with Crippen LogP contribution in [0.5, 0.6) is 0 Å². The molecule has 4 rings (SSSR count). The Kier molecular flexibility index (Phi) is 7.66.